The first-order valence-electron chi connectivity index (χ1n) is 7.11. The summed E-state index contributed by atoms with van der Waals surface area (Å²) in [7, 11) is 0. The third kappa shape index (κ3) is 3.24. The van der Waals surface area contributed by atoms with Crippen molar-refractivity contribution in [2.45, 2.75) is 6.92 Å². The number of rotatable bonds is 3. The largest absolute Gasteiger partial charge is 0.507 e. The highest BCUT2D eigenvalue weighted by Gasteiger charge is 2.19. The lowest BCUT2D eigenvalue weighted by molar-refractivity contribution is 0.102. The lowest BCUT2D eigenvalue weighted by Crippen LogP contribution is -2.13. The SMILES string of the molecule is Cc1[nH]nc(Cl)c1NC(=O)c1cc(F)c(-c2cccc(=O)[nH]2)cc1O. The minimum Gasteiger partial charge on any atom is -0.507 e. The summed E-state index contributed by atoms with van der Waals surface area (Å²) in [6.45, 7) is 1.64. The number of benzene rings is 1. The molecule has 9 heteroatoms. The molecule has 1 aromatic carbocycles. The van der Waals surface area contributed by atoms with Gasteiger partial charge in [0.25, 0.3) is 5.91 Å². The van der Waals surface area contributed by atoms with E-state index in [9.17, 15) is 19.1 Å². The van der Waals surface area contributed by atoms with Gasteiger partial charge in [-0.25, -0.2) is 4.39 Å². The molecule has 0 aliphatic rings. The molecule has 0 saturated carbocycles. The predicted molar refractivity (Wildman–Crippen MR) is 90.4 cm³/mol. The van der Waals surface area contributed by atoms with E-state index in [2.05, 4.69) is 20.5 Å². The number of carbonyl (C=O) groups is 1. The van der Waals surface area contributed by atoms with Crippen LogP contribution in [0.3, 0.4) is 0 Å². The van der Waals surface area contributed by atoms with Crippen LogP contribution >= 0.6 is 11.6 Å². The summed E-state index contributed by atoms with van der Waals surface area (Å²) < 4.78 is 14.4. The van der Waals surface area contributed by atoms with Crippen LogP contribution in [0.4, 0.5) is 10.1 Å². The van der Waals surface area contributed by atoms with E-state index < -0.39 is 23.0 Å². The average Bonchev–Trinajstić information content (AvgIpc) is 2.88. The molecule has 128 valence electrons. The molecule has 4 N–H and O–H groups in total. The Hall–Kier alpha value is -3.13. The Balaban J connectivity index is 1.97. The second-order valence-electron chi connectivity index (χ2n) is 5.25. The Morgan fingerprint density at radius 3 is 2.76 bits per heavy atom. The first-order valence-corrected chi connectivity index (χ1v) is 7.48. The van der Waals surface area contributed by atoms with Gasteiger partial charge in [0.05, 0.1) is 17.0 Å². The van der Waals surface area contributed by atoms with Crippen LogP contribution in [-0.2, 0) is 0 Å². The van der Waals surface area contributed by atoms with Gasteiger partial charge in [-0.05, 0) is 25.1 Å². The van der Waals surface area contributed by atoms with E-state index in [0.717, 1.165) is 12.1 Å². The fraction of sp³-hybridized carbons (Fsp3) is 0.0625. The molecule has 1 amide bonds. The maximum absolute atomic E-state index is 14.4. The number of phenols is 1. The van der Waals surface area contributed by atoms with Crippen molar-refractivity contribution in [3.05, 3.63) is 62.9 Å². The number of phenolic OH excluding ortho intramolecular Hbond substituents is 1. The summed E-state index contributed by atoms with van der Waals surface area (Å²) in [5.74, 6) is -1.98. The van der Waals surface area contributed by atoms with Gasteiger partial charge in [-0.15, -0.1) is 0 Å². The van der Waals surface area contributed by atoms with Gasteiger partial charge < -0.3 is 15.4 Å². The number of aromatic hydroxyl groups is 1. The van der Waals surface area contributed by atoms with Gasteiger partial charge in [-0.1, -0.05) is 17.7 Å². The molecule has 2 heterocycles. The zero-order valence-electron chi connectivity index (χ0n) is 12.9. The number of hydrogen-bond donors (Lipinski definition) is 4. The van der Waals surface area contributed by atoms with Gasteiger partial charge in [0, 0.05) is 11.6 Å². The van der Waals surface area contributed by atoms with Gasteiger partial charge in [-0.2, -0.15) is 5.10 Å². The van der Waals surface area contributed by atoms with Gasteiger partial charge >= 0.3 is 0 Å². The highest BCUT2D eigenvalue weighted by Crippen LogP contribution is 2.30. The van der Waals surface area contributed by atoms with Crippen molar-refractivity contribution in [3.63, 3.8) is 0 Å². The van der Waals surface area contributed by atoms with Crippen molar-refractivity contribution >= 4 is 23.2 Å². The summed E-state index contributed by atoms with van der Waals surface area (Å²) in [6, 6.07) is 6.16. The minimum absolute atomic E-state index is 0.0377. The van der Waals surface area contributed by atoms with Crippen molar-refractivity contribution in [1.82, 2.24) is 15.2 Å². The summed E-state index contributed by atoms with van der Waals surface area (Å²) in [5.41, 5.74) is 0.199. The van der Waals surface area contributed by atoms with Crippen molar-refractivity contribution in [2.75, 3.05) is 5.32 Å². The quantitative estimate of drug-likeness (QED) is 0.574. The fourth-order valence-corrected chi connectivity index (χ4v) is 2.51. The number of hydrogen-bond acceptors (Lipinski definition) is 4. The third-order valence-corrected chi connectivity index (χ3v) is 3.80. The van der Waals surface area contributed by atoms with Gasteiger partial charge in [0.1, 0.15) is 17.3 Å². The molecule has 2 aromatic heterocycles. The number of carbonyl (C=O) groups excluding carboxylic acids is 1. The lowest BCUT2D eigenvalue weighted by atomic mass is 10.1. The molecule has 0 unspecified atom stereocenters. The Morgan fingerprint density at radius 2 is 2.12 bits per heavy atom. The van der Waals surface area contributed by atoms with Crippen LogP contribution in [0, 0.1) is 12.7 Å². The summed E-state index contributed by atoms with van der Waals surface area (Å²) in [6.07, 6.45) is 0. The van der Waals surface area contributed by atoms with Gasteiger partial charge in [-0.3, -0.25) is 14.7 Å². The normalized spacial score (nSPS) is 10.7. The number of nitrogens with zero attached hydrogens (tertiary/aromatic N) is 1. The van der Waals surface area contributed by atoms with E-state index in [1.807, 2.05) is 0 Å². The van der Waals surface area contributed by atoms with Crippen molar-refractivity contribution in [1.29, 1.82) is 0 Å². The number of nitrogens with one attached hydrogen (secondary N) is 3. The second-order valence-corrected chi connectivity index (χ2v) is 5.60. The number of halogens is 2. The molecule has 7 nitrogen and oxygen atoms in total. The van der Waals surface area contributed by atoms with E-state index in [4.69, 9.17) is 11.6 Å². The number of aromatic nitrogens is 3. The number of H-pyrrole nitrogens is 2. The number of pyridine rings is 1. The standard InChI is InChI=1S/C16H12ClFN4O3/c1-7-14(15(17)22-21-7)20-16(25)9-5-10(18)8(6-12(9)23)11-3-2-4-13(24)19-11/h2-6,23H,1H3,(H,19,24)(H,20,25)(H,21,22). The summed E-state index contributed by atoms with van der Waals surface area (Å²) >= 11 is 5.84. The van der Waals surface area contributed by atoms with E-state index >= 15 is 0 Å². The molecular weight excluding hydrogens is 351 g/mol. The van der Waals surface area contributed by atoms with Crippen LogP contribution < -0.4 is 10.9 Å². The molecule has 0 atom stereocenters. The molecule has 0 aliphatic heterocycles. The van der Waals surface area contributed by atoms with Crippen LogP contribution in [0.2, 0.25) is 5.15 Å². The van der Waals surface area contributed by atoms with E-state index in [1.54, 1.807) is 6.92 Å². The molecule has 0 fully saturated rings. The van der Waals surface area contributed by atoms with Crippen LogP contribution in [-0.4, -0.2) is 26.2 Å². The van der Waals surface area contributed by atoms with Gasteiger partial charge in [0.15, 0.2) is 5.15 Å². The molecule has 3 aromatic rings. The molecule has 0 bridgehead atoms. The molecule has 0 aliphatic carbocycles. The molecule has 0 radical (unpaired) electrons. The number of aromatic amines is 2. The van der Waals surface area contributed by atoms with Crippen LogP contribution in [0.15, 0.2) is 35.1 Å². The van der Waals surface area contributed by atoms with Crippen molar-refractivity contribution < 1.29 is 14.3 Å². The smallest absolute Gasteiger partial charge is 0.259 e. The molecule has 25 heavy (non-hydrogen) atoms. The summed E-state index contributed by atoms with van der Waals surface area (Å²) in [5, 5.41) is 18.9. The Kier molecular flexibility index (Phi) is 4.28. The highest BCUT2D eigenvalue weighted by atomic mass is 35.5. The molecule has 0 spiro atoms. The summed E-state index contributed by atoms with van der Waals surface area (Å²) in [4.78, 5) is 26.1. The first kappa shape index (κ1) is 16.7. The zero-order chi connectivity index (χ0) is 18.1. The molecule has 3 rings (SSSR count). The lowest BCUT2D eigenvalue weighted by Gasteiger charge is -2.10. The number of aryl methyl sites for hydroxylation is 1. The molecular formula is C16H12ClFN4O3. The third-order valence-electron chi connectivity index (χ3n) is 3.53. The monoisotopic (exact) mass is 362 g/mol. The Morgan fingerprint density at radius 1 is 1.36 bits per heavy atom. The first-order chi connectivity index (χ1) is 11.9. The van der Waals surface area contributed by atoms with Gasteiger partial charge in [0.2, 0.25) is 5.56 Å². The fourth-order valence-electron chi connectivity index (χ4n) is 2.28. The van der Waals surface area contributed by atoms with Crippen LogP contribution in [0.1, 0.15) is 16.1 Å². The average molecular weight is 363 g/mol. The number of amides is 1. The Bertz CT molecular complexity index is 1010. The topological polar surface area (TPSA) is 111 Å². The Labute approximate surface area is 145 Å². The minimum atomic E-state index is -0.778. The van der Waals surface area contributed by atoms with Crippen LogP contribution in [0.5, 0.6) is 5.75 Å². The van der Waals surface area contributed by atoms with E-state index in [1.165, 1.54) is 18.2 Å². The zero-order valence-corrected chi connectivity index (χ0v) is 13.6. The molecule has 0 saturated heterocycles. The number of anilines is 1. The van der Waals surface area contributed by atoms with Crippen molar-refractivity contribution in [2.24, 2.45) is 0 Å². The second kappa shape index (κ2) is 6.40. The van der Waals surface area contributed by atoms with E-state index in [0.29, 0.717) is 5.69 Å². The maximum Gasteiger partial charge on any atom is 0.259 e. The van der Waals surface area contributed by atoms with Crippen molar-refractivity contribution in [3.8, 4) is 17.0 Å². The highest BCUT2D eigenvalue weighted by molar-refractivity contribution is 6.33. The van der Waals surface area contributed by atoms with Crippen LogP contribution in [0.25, 0.3) is 11.3 Å². The maximum atomic E-state index is 14.4. The van der Waals surface area contributed by atoms with E-state index in [-0.39, 0.29) is 27.7 Å². The predicted octanol–water partition coefficient (Wildman–Crippen LogP) is 2.82.